The van der Waals surface area contributed by atoms with Crippen LogP contribution < -0.4 is 0 Å². The number of hydrogen-bond donors (Lipinski definition) is 0. The summed E-state index contributed by atoms with van der Waals surface area (Å²) < 4.78 is 9.88. The van der Waals surface area contributed by atoms with Gasteiger partial charge in [-0.05, 0) is 40.3 Å². The normalized spacial score (nSPS) is 13.5. The molecule has 20 heavy (non-hydrogen) atoms. The van der Waals surface area contributed by atoms with Gasteiger partial charge in [-0.1, -0.05) is 49.7 Å². The molecule has 0 aromatic heterocycles. The van der Waals surface area contributed by atoms with Crippen LogP contribution in [0.4, 0.5) is 5.69 Å². The van der Waals surface area contributed by atoms with Crippen LogP contribution in [0, 0.1) is 0 Å². The van der Waals surface area contributed by atoms with Gasteiger partial charge in [-0.15, -0.1) is 0 Å². The summed E-state index contributed by atoms with van der Waals surface area (Å²) in [6.07, 6.45) is 4.46. The second kappa shape index (κ2) is 7.25. The molecule has 0 heterocycles. The van der Waals surface area contributed by atoms with Crippen molar-refractivity contribution in [1.82, 2.24) is 0 Å². The minimum absolute atomic E-state index is 0.883. The van der Waals surface area contributed by atoms with Crippen LogP contribution >= 0.6 is 0 Å². The van der Waals surface area contributed by atoms with Crippen molar-refractivity contribution in [2.45, 2.75) is 24.7 Å². The highest BCUT2D eigenvalue weighted by Crippen LogP contribution is 2.21. The third-order valence-electron chi connectivity index (χ3n) is 3.08. The van der Waals surface area contributed by atoms with E-state index in [9.17, 15) is 0 Å². The number of benzene rings is 2. The van der Waals surface area contributed by atoms with Crippen LogP contribution in [0.1, 0.15) is 19.8 Å². The van der Waals surface area contributed by atoms with Crippen LogP contribution in [0.3, 0.4) is 0 Å². The smallest absolute Gasteiger partial charge is 0.0717 e. The third-order valence-corrected chi connectivity index (χ3v) is 5.50. The molecule has 3 heteroatoms. The Morgan fingerprint density at radius 2 is 1.50 bits per heavy atom. The van der Waals surface area contributed by atoms with Crippen molar-refractivity contribution in [2.75, 3.05) is 12.8 Å². The van der Waals surface area contributed by atoms with Crippen LogP contribution in [-0.2, 0) is 9.62 Å². The summed E-state index contributed by atoms with van der Waals surface area (Å²) in [7, 11) is -1.49. The van der Waals surface area contributed by atoms with Crippen molar-refractivity contribution in [2.24, 2.45) is 8.73 Å². The predicted molar refractivity (Wildman–Crippen MR) is 88.7 cm³/mol. The molecule has 0 aliphatic rings. The maximum atomic E-state index is 4.95. The second-order valence-electron chi connectivity index (χ2n) is 4.78. The molecule has 0 spiro atoms. The van der Waals surface area contributed by atoms with E-state index >= 15 is 0 Å². The molecular weight excluding hydrogens is 264 g/mol. The monoisotopic (exact) mass is 286 g/mol. The molecule has 0 aliphatic heterocycles. The van der Waals surface area contributed by atoms with Gasteiger partial charge in [-0.2, -0.15) is 0 Å². The van der Waals surface area contributed by atoms with Crippen molar-refractivity contribution >= 4 is 15.3 Å². The van der Waals surface area contributed by atoms with Crippen LogP contribution in [0.15, 0.2) is 74.3 Å². The summed E-state index contributed by atoms with van der Waals surface area (Å²) in [5.74, 6) is 0. The van der Waals surface area contributed by atoms with E-state index in [0.717, 1.165) is 18.7 Å². The van der Waals surface area contributed by atoms with Gasteiger partial charge in [0.2, 0.25) is 0 Å². The topological polar surface area (TPSA) is 24.7 Å². The largest absolute Gasteiger partial charge is 0.250 e. The van der Waals surface area contributed by atoms with Crippen LogP contribution in [0.2, 0.25) is 0 Å². The summed E-state index contributed by atoms with van der Waals surface area (Å²) >= 11 is 0. The molecule has 0 aliphatic carbocycles. The molecule has 0 fully saturated rings. The molecule has 2 rings (SSSR count). The van der Waals surface area contributed by atoms with Gasteiger partial charge in [0.05, 0.1) is 5.69 Å². The van der Waals surface area contributed by atoms with Gasteiger partial charge < -0.3 is 0 Å². The summed E-state index contributed by atoms with van der Waals surface area (Å²) in [6.45, 7) is 3.08. The fourth-order valence-electron chi connectivity index (χ4n) is 1.93. The zero-order valence-corrected chi connectivity index (χ0v) is 13.0. The van der Waals surface area contributed by atoms with E-state index in [2.05, 4.69) is 37.4 Å². The summed E-state index contributed by atoms with van der Waals surface area (Å²) in [5, 5.41) is 0. The third kappa shape index (κ3) is 3.94. The van der Waals surface area contributed by atoms with Crippen molar-refractivity contribution in [3.8, 4) is 0 Å². The van der Waals surface area contributed by atoms with E-state index in [4.69, 9.17) is 8.73 Å². The van der Waals surface area contributed by atoms with Crippen LogP contribution in [-0.4, -0.2) is 12.8 Å². The Morgan fingerprint density at radius 1 is 0.900 bits per heavy atom. The summed E-state index contributed by atoms with van der Waals surface area (Å²) in [5.41, 5.74) is 1.01. The summed E-state index contributed by atoms with van der Waals surface area (Å²) in [4.78, 5) is 1.22. The molecule has 0 N–H and O–H groups in total. The highest BCUT2D eigenvalue weighted by atomic mass is 32.2. The SMILES string of the molecule is CCCCN=S(C)(=Nc1ccccc1)c1ccccc1. The van der Waals surface area contributed by atoms with E-state index in [1.54, 1.807) is 0 Å². The summed E-state index contributed by atoms with van der Waals surface area (Å²) in [6, 6.07) is 20.6. The molecule has 0 radical (unpaired) electrons. The standard InChI is InChI=1S/C17H22N2S/c1-3-4-15-18-20(2,17-13-9-6-10-14-17)19-16-11-7-5-8-12-16/h5-14H,3-4,15H2,1-2H3. The maximum Gasteiger partial charge on any atom is 0.0717 e. The minimum atomic E-state index is -1.49. The van der Waals surface area contributed by atoms with E-state index in [1.165, 1.54) is 11.3 Å². The molecule has 1 atom stereocenters. The first-order chi connectivity index (χ1) is 9.74. The first-order valence-corrected chi connectivity index (χ1v) is 9.00. The molecular formula is C17H22N2S. The lowest BCUT2D eigenvalue weighted by atomic mass is 10.3. The molecule has 2 nitrogen and oxygen atoms in total. The molecule has 0 bridgehead atoms. The minimum Gasteiger partial charge on any atom is -0.250 e. The molecule has 0 saturated heterocycles. The number of rotatable bonds is 5. The fraction of sp³-hybridized carbons (Fsp3) is 0.294. The van der Waals surface area contributed by atoms with Gasteiger partial charge in [0.15, 0.2) is 0 Å². The number of nitrogens with zero attached hydrogens (tertiary/aromatic N) is 2. The average Bonchev–Trinajstić information content (AvgIpc) is 2.49. The second-order valence-corrected chi connectivity index (χ2v) is 7.36. The molecule has 0 saturated carbocycles. The van der Waals surface area contributed by atoms with Crippen molar-refractivity contribution in [3.63, 3.8) is 0 Å². The van der Waals surface area contributed by atoms with Gasteiger partial charge in [0.25, 0.3) is 0 Å². The molecule has 1 unspecified atom stereocenters. The van der Waals surface area contributed by atoms with Gasteiger partial charge in [-0.25, -0.2) is 4.36 Å². The predicted octanol–water partition coefficient (Wildman–Crippen LogP) is 5.33. The van der Waals surface area contributed by atoms with Crippen molar-refractivity contribution in [1.29, 1.82) is 0 Å². The Hall–Kier alpha value is -1.61. The number of hydrogen-bond acceptors (Lipinski definition) is 2. The Morgan fingerprint density at radius 3 is 2.10 bits per heavy atom. The first kappa shape index (κ1) is 14.8. The Bertz CT molecular complexity index is 639. The molecule has 106 valence electrons. The highest BCUT2D eigenvalue weighted by molar-refractivity contribution is 7.95. The molecule has 2 aromatic rings. The van der Waals surface area contributed by atoms with Crippen LogP contribution in [0.5, 0.6) is 0 Å². The zero-order chi connectivity index (χ0) is 14.3. The van der Waals surface area contributed by atoms with Gasteiger partial charge in [0.1, 0.15) is 0 Å². The maximum absolute atomic E-state index is 4.95. The van der Waals surface area contributed by atoms with E-state index < -0.39 is 9.62 Å². The average molecular weight is 286 g/mol. The lowest BCUT2D eigenvalue weighted by molar-refractivity contribution is 0.813. The molecule has 2 aromatic carbocycles. The van der Waals surface area contributed by atoms with Gasteiger partial charge in [-0.3, -0.25) is 4.36 Å². The first-order valence-electron chi connectivity index (χ1n) is 7.05. The Kier molecular flexibility index (Phi) is 5.36. The van der Waals surface area contributed by atoms with Gasteiger partial charge >= 0.3 is 0 Å². The Labute approximate surface area is 122 Å². The van der Waals surface area contributed by atoms with Crippen LogP contribution in [0.25, 0.3) is 0 Å². The van der Waals surface area contributed by atoms with Crippen molar-refractivity contribution in [3.05, 3.63) is 60.7 Å². The lowest BCUT2D eigenvalue weighted by Crippen LogP contribution is -1.99. The zero-order valence-electron chi connectivity index (χ0n) is 12.2. The number of unbranched alkanes of at least 4 members (excludes halogenated alkanes) is 1. The highest BCUT2D eigenvalue weighted by Gasteiger charge is 2.04. The van der Waals surface area contributed by atoms with E-state index in [-0.39, 0.29) is 0 Å². The van der Waals surface area contributed by atoms with Gasteiger partial charge in [0, 0.05) is 17.7 Å². The van der Waals surface area contributed by atoms with Crippen molar-refractivity contribution < 1.29 is 0 Å². The molecule has 0 amide bonds. The van der Waals surface area contributed by atoms with E-state index in [0.29, 0.717) is 0 Å². The Balaban J connectivity index is 2.50. The fourth-order valence-corrected chi connectivity index (χ4v) is 3.93. The quantitative estimate of drug-likeness (QED) is 0.664. The van der Waals surface area contributed by atoms with E-state index in [1.807, 2.05) is 36.4 Å². The lowest BCUT2D eigenvalue weighted by Gasteiger charge is -2.11.